The maximum Gasteiger partial charge on any atom is 0.249 e. The second-order valence-corrected chi connectivity index (χ2v) is 5.90. The topological polar surface area (TPSA) is 92.5 Å². The summed E-state index contributed by atoms with van der Waals surface area (Å²) >= 11 is 0. The van der Waals surface area contributed by atoms with Crippen molar-refractivity contribution in [3.63, 3.8) is 0 Å². The van der Waals surface area contributed by atoms with Crippen molar-refractivity contribution in [2.75, 3.05) is 6.54 Å². The number of amides is 3. The minimum absolute atomic E-state index is 0.0426. The Bertz CT molecular complexity index is 414. The summed E-state index contributed by atoms with van der Waals surface area (Å²) in [5.41, 5.74) is 6.10. The van der Waals surface area contributed by atoms with E-state index >= 15 is 0 Å². The molecule has 0 spiro atoms. The number of nitrogens with two attached hydrogens (primary N) is 1. The molecule has 4 atom stereocenters. The number of imide groups is 1. The molecule has 0 radical (unpaired) electrons. The normalized spacial score (nSPS) is 34.9. The predicted octanol–water partition coefficient (Wildman–Crippen LogP) is 0.0135. The lowest BCUT2D eigenvalue weighted by atomic mass is 9.76. The minimum Gasteiger partial charge on any atom is -0.327 e. The van der Waals surface area contributed by atoms with Crippen molar-refractivity contribution in [3.05, 3.63) is 0 Å². The number of hydrogen-bond acceptors (Lipinski definition) is 4. The highest BCUT2D eigenvalue weighted by Gasteiger charge is 2.42. The Morgan fingerprint density at radius 3 is 2.70 bits per heavy atom. The molecular formula is C14H23N3O3. The second kappa shape index (κ2) is 5.91. The van der Waals surface area contributed by atoms with Crippen molar-refractivity contribution < 1.29 is 14.4 Å². The van der Waals surface area contributed by atoms with Gasteiger partial charge in [0.2, 0.25) is 17.7 Å². The van der Waals surface area contributed by atoms with Crippen LogP contribution < -0.4 is 11.1 Å². The van der Waals surface area contributed by atoms with Crippen LogP contribution in [0.25, 0.3) is 0 Å². The summed E-state index contributed by atoms with van der Waals surface area (Å²) in [4.78, 5) is 37.6. The average molecular weight is 281 g/mol. The average Bonchev–Trinajstić information content (AvgIpc) is 2.37. The van der Waals surface area contributed by atoms with E-state index in [4.69, 9.17) is 5.73 Å². The van der Waals surface area contributed by atoms with Crippen LogP contribution in [-0.2, 0) is 14.4 Å². The zero-order valence-corrected chi connectivity index (χ0v) is 12.1. The van der Waals surface area contributed by atoms with Gasteiger partial charge in [0.15, 0.2) is 0 Å². The van der Waals surface area contributed by atoms with Crippen LogP contribution in [0, 0.1) is 11.8 Å². The molecule has 1 aliphatic carbocycles. The van der Waals surface area contributed by atoms with Gasteiger partial charge in [-0.3, -0.25) is 19.7 Å². The van der Waals surface area contributed by atoms with Crippen molar-refractivity contribution in [1.29, 1.82) is 0 Å². The van der Waals surface area contributed by atoms with Crippen molar-refractivity contribution in [2.45, 2.75) is 51.6 Å². The predicted molar refractivity (Wildman–Crippen MR) is 73.4 cm³/mol. The largest absolute Gasteiger partial charge is 0.327 e. The zero-order chi connectivity index (χ0) is 14.9. The minimum atomic E-state index is -0.554. The monoisotopic (exact) mass is 281 g/mol. The maximum absolute atomic E-state index is 12.7. The lowest BCUT2D eigenvalue weighted by molar-refractivity contribution is -0.154. The fraction of sp³-hybridized carbons (Fsp3) is 0.786. The van der Waals surface area contributed by atoms with E-state index in [1.165, 1.54) is 4.90 Å². The highest BCUT2D eigenvalue weighted by atomic mass is 16.2. The Morgan fingerprint density at radius 1 is 1.40 bits per heavy atom. The van der Waals surface area contributed by atoms with Crippen LogP contribution in [-0.4, -0.2) is 41.2 Å². The molecular weight excluding hydrogens is 258 g/mol. The summed E-state index contributed by atoms with van der Waals surface area (Å²) in [6.07, 6.45) is 3.32. The molecule has 1 saturated heterocycles. The molecule has 20 heavy (non-hydrogen) atoms. The number of nitrogens with zero attached hydrogens (tertiary/aromatic N) is 1. The van der Waals surface area contributed by atoms with Gasteiger partial charge in [-0.15, -0.1) is 0 Å². The summed E-state index contributed by atoms with van der Waals surface area (Å²) in [7, 11) is 0. The van der Waals surface area contributed by atoms with Gasteiger partial charge in [0.05, 0.1) is 5.92 Å². The lowest BCUT2D eigenvalue weighted by Gasteiger charge is -2.40. The van der Waals surface area contributed by atoms with E-state index < -0.39 is 11.9 Å². The smallest absolute Gasteiger partial charge is 0.249 e. The molecule has 2 aliphatic rings. The Morgan fingerprint density at radius 2 is 2.10 bits per heavy atom. The molecule has 0 aromatic carbocycles. The summed E-state index contributed by atoms with van der Waals surface area (Å²) < 4.78 is 0. The Labute approximate surface area is 119 Å². The van der Waals surface area contributed by atoms with Crippen LogP contribution in [0.2, 0.25) is 0 Å². The fourth-order valence-corrected chi connectivity index (χ4v) is 3.38. The first-order valence-corrected chi connectivity index (χ1v) is 7.35. The maximum atomic E-state index is 12.7. The molecule has 1 saturated carbocycles. The summed E-state index contributed by atoms with van der Waals surface area (Å²) in [6.45, 7) is 3.82. The molecule has 6 heteroatoms. The van der Waals surface area contributed by atoms with Gasteiger partial charge in [0.1, 0.15) is 12.6 Å². The molecule has 0 aromatic heterocycles. The van der Waals surface area contributed by atoms with Gasteiger partial charge in [-0.25, -0.2) is 0 Å². The van der Waals surface area contributed by atoms with Gasteiger partial charge in [0, 0.05) is 6.04 Å². The molecule has 3 amide bonds. The van der Waals surface area contributed by atoms with E-state index in [0.717, 1.165) is 19.3 Å². The van der Waals surface area contributed by atoms with Crippen LogP contribution in [0.4, 0.5) is 0 Å². The van der Waals surface area contributed by atoms with Gasteiger partial charge in [-0.05, 0) is 25.2 Å². The van der Waals surface area contributed by atoms with Gasteiger partial charge in [-0.1, -0.05) is 20.3 Å². The molecule has 4 unspecified atom stereocenters. The van der Waals surface area contributed by atoms with Crippen molar-refractivity contribution in [3.8, 4) is 0 Å². The molecule has 1 heterocycles. The Kier molecular flexibility index (Phi) is 4.42. The molecule has 0 bridgehead atoms. The van der Waals surface area contributed by atoms with E-state index in [9.17, 15) is 14.4 Å². The zero-order valence-electron chi connectivity index (χ0n) is 12.1. The Balaban J connectivity index is 2.20. The van der Waals surface area contributed by atoms with E-state index in [1.54, 1.807) is 0 Å². The van der Waals surface area contributed by atoms with E-state index in [0.29, 0.717) is 6.42 Å². The SMILES string of the molecule is CCC1C(=O)NC(=O)CN1C(=O)C1C(C)CCCC1N. The number of carbonyl (C=O) groups is 3. The molecule has 1 aliphatic heterocycles. The third-order valence-corrected chi connectivity index (χ3v) is 4.48. The first kappa shape index (κ1) is 15.0. The molecule has 6 nitrogen and oxygen atoms in total. The van der Waals surface area contributed by atoms with Crippen LogP contribution in [0.1, 0.15) is 39.5 Å². The number of hydrogen-bond donors (Lipinski definition) is 2. The molecule has 0 aromatic rings. The van der Waals surface area contributed by atoms with Crippen LogP contribution in [0.15, 0.2) is 0 Å². The van der Waals surface area contributed by atoms with Crippen LogP contribution >= 0.6 is 0 Å². The quantitative estimate of drug-likeness (QED) is 0.698. The molecule has 2 fully saturated rings. The lowest BCUT2D eigenvalue weighted by Crippen LogP contribution is -2.62. The highest BCUT2D eigenvalue weighted by Crippen LogP contribution is 2.31. The standard InChI is InChI=1S/C14H23N3O3/c1-3-10-13(19)16-11(18)7-17(10)14(20)12-8(2)5-4-6-9(12)15/h8-10,12H,3-7,15H2,1-2H3,(H,16,18,19). The first-order chi connectivity index (χ1) is 9.45. The molecule has 2 rings (SSSR count). The van der Waals surface area contributed by atoms with Gasteiger partial charge in [0.25, 0.3) is 0 Å². The van der Waals surface area contributed by atoms with Gasteiger partial charge in [-0.2, -0.15) is 0 Å². The van der Waals surface area contributed by atoms with E-state index in [-0.39, 0.29) is 36.2 Å². The van der Waals surface area contributed by atoms with Crippen LogP contribution in [0.3, 0.4) is 0 Å². The van der Waals surface area contributed by atoms with Crippen molar-refractivity contribution in [2.24, 2.45) is 17.6 Å². The van der Waals surface area contributed by atoms with Crippen molar-refractivity contribution in [1.82, 2.24) is 10.2 Å². The summed E-state index contributed by atoms with van der Waals surface area (Å²) in [5, 5.41) is 2.29. The van der Waals surface area contributed by atoms with E-state index in [2.05, 4.69) is 5.32 Å². The molecule has 3 N–H and O–H groups in total. The highest BCUT2D eigenvalue weighted by molar-refractivity contribution is 6.04. The number of nitrogens with one attached hydrogen (secondary N) is 1. The summed E-state index contributed by atoms with van der Waals surface area (Å²) in [5.74, 6) is -1.01. The fourth-order valence-electron chi connectivity index (χ4n) is 3.38. The summed E-state index contributed by atoms with van der Waals surface area (Å²) in [6, 6.07) is -0.731. The van der Waals surface area contributed by atoms with Gasteiger partial charge >= 0.3 is 0 Å². The van der Waals surface area contributed by atoms with Crippen molar-refractivity contribution >= 4 is 17.7 Å². The van der Waals surface area contributed by atoms with Crippen LogP contribution in [0.5, 0.6) is 0 Å². The molecule has 112 valence electrons. The van der Waals surface area contributed by atoms with Gasteiger partial charge < -0.3 is 10.6 Å². The number of carbonyl (C=O) groups excluding carboxylic acids is 3. The van der Waals surface area contributed by atoms with E-state index in [1.807, 2.05) is 13.8 Å². The first-order valence-electron chi connectivity index (χ1n) is 7.35. The number of rotatable bonds is 2. The Hall–Kier alpha value is -1.43. The third kappa shape index (κ3) is 2.70. The number of piperazine rings is 1. The third-order valence-electron chi connectivity index (χ3n) is 4.48. The second-order valence-electron chi connectivity index (χ2n) is 5.90.